The van der Waals surface area contributed by atoms with Gasteiger partial charge in [-0.15, -0.1) is 12.4 Å². The van der Waals surface area contributed by atoms with E-state index in [0.717, 1.165) is 6.54 Å². The molecule has 9 heteroatoms. The van der Waals surface area contributed by atoms with Crippen LogP contribution in [0.15, 0.2) is 23.1 Å². The lowest BCUT2D eigenvalue weighted by atomic mass is 10.1. The molecule has 2 aliphatic heterocycles. The first-order valence-electron chi connectivity index (χ1n) is 8.61. The summed E-state index contributed by atoms with van der Waals surface area (Å²) in [5.41, 5.74) is 1.07. The molecule has 26 heavy (non-hydrogen) atoms. The number of rotatable bonds is 3. The number of hydrogen-bond acceptors (Lipinski definition) is 5. The summed E-state index contributed by atoms with van der Waals surface area (Å²) in [5, 5.41) is 3.30. The number of morpholine rings is 1. The maximum Gasteiger partial charge on any atom is 0.253 e. The quantitative estimate of drug-likeness (QED) is 0.810. The monoisotopic (exact) mass is 403 g/mol. The fourth-order valence-corrected chi connectivity index (χ4v) is 4.90. The van der Waals surface area contributed by atoms with E-state index in [-0.39, 0.29) is 29.3 Å². The fourth-order valence-electron chi connectivity index (χ4n) is 3.24. The Labute approximate surface area is 161 Å². The molecule has 2 heterocycles. The lowest BCUT2D eigenvalue weighted by Crippen LogP contribution is -2.51. The van der Waals surface area contributed by atoms with Crippen LogP contribution in [0, 0.1) is 6.92 Å². The highest BCUT2D eigenvalue weighted by molar-refractivity contribution is 7.89. The van der Waals surface area contributed by atoms with Gasteiger partial charge in [0.15, 0.2) is 0 Å². The number of carbonyl (C=O) groups excluding carboxylic acids is 1. The predicted molar refractivity (Wildman–Crippen MR) is 101 cm³/mol. The zero-order valence-electron chi connectivity index (χ0n) is 15.1. The number of piperazine rings is 1. The van der Waals surface area contributed by atoms with Gasteiger partial charge < -0.3 is 15.0 Å². The topological polar surface area (TPSA) is 79.0 Å². The van der Waals surface area contributed by atoms with E-state index >= 15 is 0 Å². The number of nitrogens with one attached hydrogen (secondary N) is 1. The molecule has 1 atom stereocenters. The van der Waals surface area contributed by atoms with Gasteiger partial charge in [0.2, 0.25) is 10.0 Å². The first-order chi connectivity index (χ1) is 11.9. The minimum absolute atomic E-state index is 0. The molecule has 1 aromatic carbocycles. The van der Waals surface area contributed by atoms with Crippen LogP contribution in [0.25, 0.3) is 0 Å². The molecule has 0 spiro atoms. The molecule has 0 aliphatic carbocycles. The highest BCUT2D eigenvalue weighted by atomic mass is 35.5. The van der Waals surface area contributed by atoms with E-state index in [1.54, 1.807) is 24.0 Å². The van der Waals surface area contributed by atoms with Crippen molar-refractivity contribution in [3.63, 3.8) is 0 Å². The van der Waals surface area contributed by atoms with Crippen molar-refractivity contribution in [2.75, 3.05) is 45.9 Å². The molecule has 0 radical (unpaired) electrons. The lowest BCUT2D eigenvalue weighted by molar-refractivity contribution is 0.0708. The Morgan fingerprint density at radius 1 is 1.23 bits per heavy atom. The van der Waals surface area contributed by atoms with Gasteiger partial charge in [0.25, 0.3) is 5.91 Å². The summed E-state index contributed by atoms with van der Waals surface area (Å²) in [4.78, 5) is 14.8. The average Bonchev–Trinajstić information content (AvgIpc) is 2.62. The maximum atomic E-state index is 12.9. The summed E-state index contributed by atoms with van der Waals surface area (Å²) in [6.07, 6.45) is 0. The first kappa shape index (κ1) is 21.1. The molecule has 0 bridgehead atoms. The Morgan fingerprint density at radius 3 is 2.58 bits per heavy atom. The van der Waals surface area contributed by atoms with Gasteiger partial charge in [-0.3, -0.25) is 4.79 Å². The van der Waals surface area contributed by atoms with E-state index in [1.165, 1.54) is 10.4 Å². The molecule has 1 N–H and O–H groups in total. The van der Waals surface area contributed by atoms with Crippen molar-refractivity contribution in [1.29, 1.82) is 0 Å². The fraction of sp³-hybridized carbons (Fsp3) is 0.588. The van der Waals surface area contributed by atoms with Crippen LogP contribution in [0.5, 0.6) is 0 Å². The SMILES string of the molecule is Cc1ccc(C(=O)N2CCNC(C)C2)cc1S(=O)(=O)N1CCOCC1.Cl. The zero-order chi connectivity index (χ0) is 18.0. The van der Waals surface area contributed by atoms with Gasteiger partial charge in [0.05, 0.1) is 18.1 Å². The maximum absolute atomic E-state index is 12.9. The molecule has 1 aromatic rings. The number of nitrogens with zero attached hydrogens (tertiary/aromatic N) is 2. The van der Waals surface area contributed by atoms with Crippen molar-refractivity contribution in [2.24, 2.45) is 0 Å². The number of sulfonamides is 1. The van der Waals surface area contributed by atoms with E-state index in [0.29, 0.717) is 50.5 Å². The summed E-state index contributed by atoms with van der Waals surface area (Å²) < 4.78 is 32.6. The molecular formula is C17H26ClN3O4S. The molecular weight excluding hydrogens is 378 g/mol. The molecule has 0 saturated carbocycles. The molecule has 2 fully saturated rings. The highest BCUT2D eigenvalue weighted by Crippen LogP contribution is 2.23. The second kappa shape index (κ2) is 8.67. The van der Waals surface area contributed by atoms with E-state index < -0.39 is 10.0 Å². The third-order valence-corrected chi connectivity index (χ3v) is 6.72. The first-order valence-corrected chi connectivity index (χ1v) is 10.0. The third kappa shape index (κ3) is 4.37. The molecule has 1 unspecified atom stereocenters. The minimum Gasteiger partial charge on any atom is -0.379 e. The second-order valence-corrected chi connectivity index (χ2v) is 8.51. The summed E-state index contributed by atoms with van der Waals surface area (Å²) in [7, 11) is -3.62. The standard InChI is InChI=1S/C17H25N3O4S.ClH/c1-13-3-4-15(17(21)19-6-5-18-14(2)12-19)11-16(13)25(22,23)20-7-9-24-10-8-20;/h3-4,11,14,18H,5-10,12H2,1-2H3;1H. The molecule has 2 saturated heterocycles. The Balaban J connectivity index is 0.00000243. The number of halogens is 1. The van der Waals surface area contributed by atoms with Gasteiger partial charge in [0.1, 0.15) is 0 Å². The number of amides is 1. The van der Waals surface area contributed by atoms with Crippen molar-refractivity contribution in [2.45, 2.75) is 24.8 Å². The van der Waals surface area contributed by atoms with Crippen molar-refractivity contribution >= 4 is 28.3 Å². The normalized spacial score (nSPS) is 21.9. The summed E-state index contributed by atoms with van der Waals surface area (Å²) >= 11 is 0. The molecule has 2 aliphatic rings. The lowest BCUT2D eigenvalue weighted by Gasteiger charge is -2.32. The van der Waals surface area contributed by atoms with Crippen LogP contribution in [-0.2, 0) is 14.8 Å². The Hall–Kier alpha value is -1.19. The Morgan fingerprint density at radius 2 is 1.92 bits per heavy atom. The number of carbonyl (C=O) groups is 1. The van der Waals surface area contributed by atoms with Crippen LogP contribution in [0.3, 0.4) is 0 Å². The van der Waals surface area contributed by atoms with Crippen LogP contribution in [0.1, 0.15) is 22.8 Å². The number of hydrogen-bond donors (Lipinski definition) is 1. The molecule has 0 aromatic heterocycles. The number of ether oxygens (including phenoxy) is 1. The zero-order valence-corrected chi connectivity index (χ0v) is 16.7. The Bertz CT molecular complexity index is 750. The van der Waals surface area contributed by atoms with Gasteiger partial charge in [0, 0.05) is 44.3 Å². The van der Waals surface area contributed by atoms with Gasteiger partial charge in [-0.25, -0.2) is 8.42 Å². The van der Waals surface area contributed by atoms with Crippen LogP contribution in [-0.4, -0.2) is 75.5 Å². The Kier molecular flexibility index (Phi) is 7.04. The molecule has 1 amide bonds. The van der Waals surface area contributed by atoms with Crippen LogP contribution in [0.4, 0.5) is 0 Å². The van der Waals surface area contributed by atoms with Crippen molar-refractivity contribution < 1.29 is 17.9 Å². The molecule has 146 valence electrons. The summed E-state index contributed by atoms with van der Waals surface area (Å²) in [6.45, 7) is 7.27. The van der Waals surface area contributed by atoms with Crippen molar-refractivity contribution in [3.05, 3.63) is 29.3 Å². The van der Waals surface area contributed by atoms with Gasteiger partial charge in [-0.05, 0) is 31.5 Å². The van der Waals surface area contributed by atoms with Gasteiger partial charge in [-0.1, -0.05) is 6.07 Å². The van der Waals surface area contributed by atoms with Crippen molar-refractivity contribution in [1.82, 2.24) is 14.5 Å². The number of aryl methyl sites for hydroxylation is 1. The third-order valence-electron chi connectivity index (χ3n) is 4.68. The van der Waals surface area contributed by atoms with E-state index in [4.69, 9.17) is 4.74 Å². The van der Waals surface area contributed by atoms with E-state index in [1.807, 2.05) is 6.92 Å². The average molecular weight is 404 g/mol. The van der Waals surface area contributed by atoms with Gasteiger partial charge in [-0.2, -0.15) is 4.31 Å². The van der Waals surface area contributed by atoms with E-state index in [2.05, 4.69) is 5.32 Å². The number of benzene rings is 1. The predicted octanol–water partition coefficient (Wildman–Crippen LogP) is 0.872. The van der Waals surface area contributed by atoms with Crippen LogP contribution >= 0.6 is 12.4 Å². The van der Waals surface area contributed by atoms with E-state index in [9.17, 15) is 13.2 Å². The minimum atomic E-state index is -3.62. The highest BCUT2D eigenvalue weighted by Gasteiger charge is 2.29. The van der Waals surface area contributed by atoms with Crippen LogP contribution in [0.2, 0.25) is 0 Å². The molecule has 7 nitrogen and oxygen atoms in total. The van der Waals surface area contributed by atoms with Gasteiger partial charge >= 0.3 is 0 Å². The summed E-state index contributed by atoms with van der Waals surface area (Å²) in [5.74, 6) is -0.119. The van der Waals surface area contributed by atoms with Crippen molar-refractivity contribution in [3.8, 4) is 0 Å². The summed E-state index contributed by atoms with van der Waals surface area (Å²) in [6, 6.07) is 5.18. The largest absolute Gasteiger partial charge is 0.379 e. The second-order valence-electron chi connectivity index (χ2n) is 6.60. The van der Waals surface area contributed by atoms with Crippen LogP contribution < -0.4 is 5.32 Å². The molecule has 3 rings (SSSR count). The smallest absolute Gasteiger partial charge is 0.253 e.